The van der Waals surface area contributed by atoms with Gasteiger partial charge >= 0.3 is 0 Å². The minimum absolute atomic E-state index is 0.0197. The Morgan fingerprint density at radius 3 is 2.50 bits per heavy atom. The predicted octanol–water partition coefficient (Wildman–Crippen LogP) is 1.18. The molecule has 0 aliphatic heterocycles. The molecule has 0 spiro atoms. The van der Waals surface area contributed by atoms with Crippen LogP contribution in [0.25, 0.3) is 0 Å². The maximum absolute atomic E-state index is 12.3. The van der Waals surface area contributed by atoms with Gasteiger partial charge < -0.3 is 10.5 Å². The van der Waals surface area contributed by atoms with Crippen LogP contribution >= 0.6 is 0 Å². The zero-order valence-corrected chi connectivity index (χ0v) is 11.8. The first-order valence-electron chi connectivity index (χ1n) is 5.68. The van der Waals surface area contributed by atoms with Gasteiger partial charge in [0, 0.05) is 18.1 Å². The molecule has 0 unspecified atom stereocenters. The summed E-state index contributed by atoms with van der Waals surface area (Å²) in [6.45, 7) is 1.77. The lowest BCUT2D eigenvalue weighted by molar-refractivity contribution is 0.402. The SMILES string of the molecule is COc1cc(C)c(N)cc1S(=O)(=O)Nc1ncccn1. The van der Waals surface area contributed by atoms with Gasteiger partial charge in [0.25, 0.3) is 10.0 Å². The van der Waals surface area contributed by atoms with Crippen LogP contribution in [0.4, 0.5) is 11.6 Å². The smallest absolute Gasteiger partial charge is 0.267 e. The lowest BCUT2D eigenvalue weighted by Gasteiger charge is -2.12. The molecule has 20 heavy (non-hydrogen) atoms. The first-order chi connectivity index (χ1) is 9.44. The van der Waals surface area contributed by atoms with Crippen LogP contribution in [0.3, 0.4) is 0 Å². The monoisotopic (exact) mass is 294 g/mol. The maximum Gasteiger partial charge on any atom is 0.267 e. The quantitative estimate of drug-likeness (QED) is 0.820. The molecule has 2 aromatic rings. The second kappa shape index (κ2) is 5.33. The Morgan fingerprint density at radius 2 is 1.90 bits per heavy atom. The molecule has 0 aliphatic rings. The number of sulfonamides is 1. The lowest BCUT2D eigenvalue weighted by atomic mass is 10.2. The lowest BCUT2D eigenvalue weighted by Crippen LogP contribution is -2.16. The Hall–Kier alpha value is -2.35. The van der Waals surface area contributed by atoms with Crippen LogP contribution in [0.2, 0.25) is 0 Å². The normalized spacial score (nSPS) is 11.1. The van der Waals surface area contributed by atoms with Crippen molar-refractivity contribution in [1.29, 1.82) is 0 Å². The van der Waals surface area contributed by atoms with Gasteiger partial charge in [-0.15, -0.1) is 0 Å². The van der Waals surface area contributed by atoms with E-state index >= 15 is 0 Å². The van der Waals surface area contributed by atoms with Gasteiger partial charge in [0.15, 0.2) is 0 Å². The molecule has 0 atom stereocenters. The van der Waals surface area contributed by atoms with Gasteiger partial charge in [0.05, 0.1) is 7.11 Å². The number of ether oxygens (including phenoxy) is 1. The largest absolute Gasteiger partial charge is 0.495 e. The molecule has 0 radical (unpaired) electrons. The average molecular weight is 294 g/mol. The van der Waals surface area contributed by atoms with Crippen molar-refractivity contribution in [1.82, 2.24) is 9.97 Å². The summed E-state index contributed by atoms with van der Waals surface area (Å²) in [5, 5.41) is 0. The van der Waals surface area contributed by atoms with Gasteiger partial charge in [-0.3, -0.25) is 0 Å². The molecule has 0 bridgehead atoms. The molecule has 0 amide bonds. The van der Waals surface area contributed by atoms with Gasteiger partial charge in [-0.2, -0.15) is 0 Å². The van der Waals surface area contributed by atoms with Gasteiger partial charge in [0.2, 0.25) is 5.95 Å². The standard InChI is InChI=1S/C12H14N4O3S/c1-8-6-10(19-2)11(7-9(8)13)20(17,18)16-12-14-4-3-5-15-12/h3-7H,13H2,1-2H3,(H,14,15,16). The summed E-state index contributed by atoms with van der Waals surface area (Å²) in [5.41, 5.74) is 6.85. The minimum Gasteiger partial charge on any atom is -0.495 e. The van der Waals surface area contributed by atoms with E-state index in [4.69, 9.17) is 10.5 Å². The highest BCUT2D eigenvalue weighted by Crippen LogP contribution is 2.29. The second-order valence-corrected chi connectivity index (χ2v) is 5.69. The number of anilines is 2. The van der Waals surface area contributed by atoms with E-state index in [-0.39, 0.29) is 16.6 Å². The van der Waals surface area contributed by atoms with Gasteiger partial charge in [0.1, 0.15) is 10.6 Å². The van der Waals surface area contributed by atoms with E-state index < -0.39 is 10.0 Å². The number of methoxy groups -OCH3 is 1. The molecular weight excluding hydrogens is 280 g/mol. The molecule has 3 N–H and O–H groups in total. The number of nitrogens with two attached hydrogens (primary N) is 1. The average Bonchev–Trinajstić information content (AvgIpc) is 2.42. The first-order valence-corrected chi connectivity index (χ1v) is 7.16. The molecule has 1 heterocycles. The van der Waals surface area contributed by atoms with Crippen molar-refractivity contribution in [2.24, 2.45) is 0 Å². The van der Waals surface area contributed by atoms with E-state index in [1.807, 2.05) is 0 Å². The van der Waals surface area contributed by atoms with Gasteiger partial charge in [-0.1, -0.05) is 0 Å². The van der Waals surface area contributed by atoms with E-state index in [0.29, 0.717) is 5.69 Å². The van der Waals surface area contributed by atoms with Crippen molar-refractivity contribution in [2.75, 3.05) is 17.6 Å². The number of rotatable bonds is 4. The number of nitrogens with zero attached hydrogens (tertiary/aromatic N) is 2. The molecule has 0 saturated heterocycles. The molecule has 7 nitrogen and oxygen atoms in total. The highest BCUT2D eigenvalue weighted by molar-refractivity contribution is 7.92. The third-order valence-corrected chi connectivity index (χ3v) is 3.98. The van der Waals surface area contributed by atoms with Crippen molar-refractivity contribution in [3.63, 3.8) is 0 Å². The molecule has 0 fully saturated rings. The number of aryl methyl sites for hydroxylation is 1. The number of hydrogen-bond acceptors (Lipinski definition) is 6. The van der Waals surface area contributed by atoms with Crippen LogP contribution in [0.1, 0.15) is 5.56 Å². The molecule has 8 heteroatoms. The van der Waals surface area contributed by atoms with Gasteiger partial charge in [-0.05, 0) is 30.7 Å². The molecule has 1 aromatic carbocycles. The van der Waals surface area contributed by atoms with Gasteiger partial charge in [-0.25, -0.2) is 23.1 Å². The van der Waals surface area contributed by atoms with Crippen LogP contribution in [0.15, 0.2) is 35.5 Å². The van der Waals surface area contributed by atoms with E-state index in [2.05, 4.69) is 14.7 Å². The van der Waals surface area contributed by atoms with Crippen LogP contribution < -0.4 is 15.2 Å². The second-order valence-electron chi connectivity index (χ2n) is 4.04. The van der Waals surface area contributed by atoms with E-state index in [0.717, 1.165) is 5.56 Å². The molecule has 1 aromatic heterocycles. The fraction of sp³-hybridized carbons (Fsp3) is 0.167. The highest BCUT2D eigenvalue weighted by Gasteiger charge is 2.21. The Balaban J connectivity index is 2.47. The topological polar surface area (TPSA) is 107 Å². The molecule has 0 aliphatic carbocycles. The van der Waals surface area contributed by atoms with Crippen molar-refractivity contribution >= 4 is 21.7 Å². The van der Waals surface area contributed by atoms with Crippen LogP contribution in [0, 0.1) is 6.92 Å². The summed E-state index contributed by atoms with van der Waals surface area (Å²) in [5.74, 6) is 0.189. The van der Waals surface area contributed by atoms with Crippen LogP contribution in [0.5, 0.6) is 5.75 Å². The van der Waals surface area contributed by atoms with Crippen LogP contribution in [-0.4, -0.2) is 25.5 Å². The molecule has 0 saturated carbocycles. The number of nitrogen functional groups attached to an aromatic ring is 1. The van der Waals surface area contributed by atoms with Crippen molar-refractivity contribution in [3.8, 4) is 5.75 Å². The zero-order chi connectivity index (χ0) is 14.8. The summed E-state index contributed by atoms with van der Waals surface area (Å²) in [6, 6.07) is 4.50. The number of nitrogens with one attached hydrogen (secondary N) is 1. The Labute approximate surface area is 116 Å². The minimum atomic E-state index is -3.88. The summed E-state index contributed by atoms with van der Waals surface area (Å²) < 4.78 is 32.0. The van der Waals surface area contributed by atoms with E-state index in [1.165, 1.54) is 25.6 Å². The zero-order valence-electron chi connectivity index (χ0n) is 11.0. The number of aromatic nitrogens is 2. The van der Waals surface area contributed by atoms with Crippen molar-refractivity contribution < 1.29 is 13.2 Å². The Kier molecular flexibility index (Phi) is 3.75. The predicted molar refractivity (Wildman–Crippen MR) is 75.0 cm³/mol. The number of hydrogen-bond donors (Lipinski definition) is 2. The Bertz CT molecular complexity index is 717. The van der Waals surface area contributed by atoms with E-state index in [9.17, 15) is 8.42 Å². The maximum atomic E-state index is 12.3. The molecular formula is C12H14N4O3S. The number of benzene rings is 1. The van der Waals surface area contributed by atoms with Crippen molar-refractivity contribution in [3.05, 3.63) is 36.2 Å². The fourth-order valence-electron chi connectivity index (χ4n) is 1.57. The summed E-state index contributed by atoms with van der Waals surface area (Å²) in [7, 11) is -2.48. The molecule has 106 valence electrons. The molecule has 2 rings (SSSR count). The summed E-state index contributed by atoms with van der Waals surface area (Å²) in [6.07, 6.45) is 2.87. The Morgan fingerprint density at radius 1 is 1.25 bits per heavy atom. The third kappa shape index (κ3) is 2.80. The summed E-state index contributed by atoms with van der Waals surface area (Å²) >= 11 is 0. The first kappa shape index (κ1) is 14.1. The van der Waals surface area contributed by atoms with Crippen LogP contribution in [-0.2, 0) is 10.0 Å². The van der Waals surface area contributed by atoms with Crippen molar-refractivity contribution in [2.45, 2.75) is 11.8 Å². The van der Waals surface area contributed by atoms with E-state index in [1.54, 1.807) is 19.1 Å². The fourth-order valence-corrected chi connectivity index (χ4v) is 2.72. The highest BCUT2D eigenvalue weighted by atomic mass is 32.2. The summed E-state index contributed by atoms with van der Waals surface area (Å²) in [4.78, 5) is 7.56. The third-order valence-electron chi connectivity index (χ3n) is 2.63.